The topological polar surface area (TPSA) is 116 Å². The van der Waals surface area contributed by atoms with Crippen molar-refractivity contribution in [1.82, 2.24) is 0 Å². The van der Waals surface area contributed by atoms with Crippen molar-refractivity contribution >= 4 is 34.7 Å². The highest BCUT2D eigenvalue weighted by Gasteiger charge is 2.20. The number of halogens is 1. The number of carboxylic acid groups (broad SMARTS) is 1. The molecule has 2 unspecified atom stereocenters. The molecule has 3 rings (SSSR count). The van der Waals surface area contributed by atoms with E-state index < -0.39 is 11.9 Å². The summed E-state index contributed by atoms with van der Waals surface area (Å²) < 4.78 is 5.42. The SMILES string of the molecule is CCC(C(=O)O)c1ccc(N)cc1.CCC(C(=O)c1ccc(OCCCl)cc1)c1ccc(N)cc1. The lowest BCUT2D eigenvalue weighted by molar-refractivity contribution is -0.138. The van der Waals surface area contributed by atoms with Crippen LogP contribution in [0.15, 0.2) is 72.8 Å². The Morgan fingerprint density at radius 2 is 1.26 bits per heavy atom. The van der Waals surface area contributed by atoms with Gasteiger partial charge in [0.2, 0.25) is 0 Å². The molecule has 5 N–H and O–H groups in total. The minimum absolute atomic E-state index is 0.108. The number of carbonyl (C=O) groups is 2. The van der Waals surface area contributed by atoms with Crippen molar-refractivity contribution in [1.29, 1.82) is 0 Å². The lowest BCUT2D eigenvalue weighted by Crippen LogP contribution is -2.12. The van der Waals surface area contributed by atoms with Crippen LogP contribution in [0.25, 0.3) is 0 Å². The molecule has 0 fully saturated rings. The van der Waals surface area contributed by atoms with Gasteiger partial charge in [0, 0.05) is 22.9 Å². The average molecular weight is 497 g/mol. The van der Waals surface area contributed by atoms with Gasteiger partial charge in [0.1, 0.15) is 12.4 Å². The van der Waals surface area contributed by atoms with Crippen LogP contribution in [0.1, 0.15) is 60.0 Å². The fourth-order valence-electron chi connectivity index (χ4n) is 3.66. The Hall–Kier alpha value is -3.51. The molecule has 7 heteroatoms. The van der Waals surface area contributed by atoms with Crippen LogP contribution >= 0.6 is 11.6 Å². The van der Waals surface area contributed by atoms with E-state index >= 15 is 0 Å². The van der Waals surface area contributed by atoms with Crippen LogP contribution in [-0.4, -0.2) is 29.3 Å². The second kappa shape index (κ2) is 14.0. The van der Waals surface area contributed by atoms with Crippen LogP contribution in [0.2, 0.25) is 0 Å². The van der Waals surface area contributed by atoms with Crippen molar-refractivity contribution in [3.05, 3.63) is 89.5 Å². The summed E-state index contributed by atoms with van der Waals surface area (Å²) in [7, 11) is 0. The van der Waals surface area contributed by atoms with E-state index in [2.05, 4.69) is 0 Å². The molecule has 35 heavy (non-hydrogen) atoms. The Bertz CT molecular complexity index is 1070. The number of hydrogen-bond acceptors (Lipinski definition) is 5. The van der Waals surface area contributed by atoms with Crippen LogP contribution in [0, 0.1) is 0 Å². The summed E-state index contributed by atoms with van der Waals surface area (Å²) >= 11 is 5.58. The molecular formula is C28H33ClN2O4. The van der Waals surface area contributed by atoms with E-state index in [4.69, 9.17) is 32.9 Å². The molecule has 0 amide bonds. The number of carbonyl (C=O) groups excluding carboxylic acids is 1. The molecule has 0 heterocycles. The standard InChI is InChI=1S/C18H20ClNO2.C10H13NO2/c1-2-17(13-3-7-15(20)8-4-13)18(21)14-5-9-16(10-6-14)22-12-11-19;1-2-9(10(12)13)7-3-5-8(11)6-4-7/h3-10,17H,2,11-12,20H2,1H3;3-6,9H,2,11H2,1H3,(H,12,13). The van der Waals surface area contributed by atoms with Crippen LogP contribution in [0.3, 0.4) is 0 Å². The van der Waals surface area contributed by atoms with Gasteiger partial charge in [-0.05, 0) is 72.5 Å². The molecule has 0 bridgehead atoms. The van der Waals surface area contributed by atoms with Gasteiger partial charge in [0.25, 0.3) is 0 Å². The predicted molar refractivity (Wildman–Crippen MR) is 142 cm³/mol. The Kier molecular flexibility index (Phi) is 11.1. The van der Waals surface area contributed by atoms with Crippen molar-refractivity contribution in [2.75, 3.05) is 24.0 Å². The number of aliphatic carboxylic acids is 1. The molecule has 0 radical (unpaired) electrons. The monoisotopic (exact) mass is 496 g/mol. The number of Topliss-reactive ketones (excluding diaryl/α,β-unsaturated/α-hetero) is 1. The van der Waals surface area contributed by atoms with E-state index in [-0.39, 0.29) is 11.7 Å². The molecule has 0 aromatic heterocycles. The molecule has 186 valence electrons. The number of ketones is 1. The third kappa shape index (κ3) is 8.34. The largest absolute Gasteiger partial charge is 0.492 e. The number of rotatable bonds is 10. The zero-order valence-electron chi connectivity index (χ0n) is 20.1. The minimum atomic E-state index is -0.785. The first-order valence-corrected chi connectivity index (χ1v) is 12.1. The highest BCUT2D eigenvalue weighted by atomic mass is 35.5. The van der Waals surface area contributed by atoms with Gasteiger partial charge < -0.3 is 21.3 Å². The number of hydrogen-bond donors (Lipinski definition) is 3. The fraction of sp³-hybridized carbons (Fsp3) is 0.286. The maximum atomic E-state index is 12.7. The zero-order valence-corrected chi connectivity index (χ0v) is 20.9. The summed E-state index contributed by atoms with van der Waals surface area (Å²) in [5.74, 6) is -0.0904. The van der Waals surface area contributed by atoms with Gasteiger partial charge in [-0.3, -0.25) is 9.59 Å². The van der Waals surface area contributed by atoms with Crippen LogP contribution in [0.5, 0.6) is 5.75 Å². The third-order valence-corrected chi connectivity index (χ3v) is 5.75. The first-order valence-electron chi connectivity index (χ1n) is 11.6. The Morgan fingerprint density at radius 3 is 1.66 bits per heavy atom. The van der Waals surface area contributed by atoms with E-state index in [0.29, 0.717) is 35.8 Å². The lowest BCUT2D eigenvalue weighted by Gasteiger charge is -2.15. The molecule has 0 saturated heterocycles. The number of carboxylic acids is 1. The summed E-state index contributed by atoms with van der Waals surface area (Å²) in [4.78, 5) is 23.5. The molecule has 2 atom stereocenters. The van der Waals surface area contributed by atoms with Crippen LogP contribution < -0.4 is 16.2 Å². The number of nitrogen functional groups attached to an aromatic ring is 2. The molecule has 3 aromatic rings. The molecule has 0 spiro atoms. The summed E-state index contributed by atoms with van der Waals surface area (Å²) in [6, 6.07) is 21.7. The maximum Gasteiger partial charge on any atom is 0.310 e. The minimum Gasteiger partial charge on any atom is -0.492 e. The van der Waals surface area contributed by atoms with E-state index in [1.165, 1.54) is 0 Å². The van der Waals surface area contributed by atoms with Crippen LogP contribution in [0.4, 0.5) is 11.4 Å². The first kappa shape index (κ1) is 27.7. The van der Waals surface area contributed by atoms with Crippen molar-refractivity contribution in [3.63, 3.8) is 0 Å². The molecule has 6 nitrogen and oxygen atoms in total. The predicted octanol–water partition coefficient (Wildman–Crippen LogP) is 6.11. The third-order valence-electron chi connectivity index (χ3n) is 5.59. The smallest absolute Gasteiger partial charge is 0.310 e. The zero-order chi connectivity index (χ0) is 25.8. The van der Waals surface area contributed by atoms with Crippen LogP contribution in [-0.2, 0) is 4.79 Å². The average Bonchev–Trinajstić information content (AvgIpc) is 2.86. The van der Waals surface area contributed by atoms with E-state index in [1.54, 1.807) is 48.5 Å². The normalized spacial score (nSPS) is 12.1. The van der Waals surface area contributed by atoms with E-state index in [9.17, 15) is 9.59 Å². The van der Waals surface area contributed by atoms with Gasteiger partial charge in [-0.25, -0.2) is 0 Å². The number of benzene rings is 3. The van der Waals surface area contributed by atoms with Gasteiger partial charge in [0.05, 0.1) is 11.8 Å². The van der Waals surface area contributed by atoms with Crippen molar-refractivity contribution in [2.24, 2.45) is 0 Å². The highest BCUT2D eigenvalue weighted by Crippen LogP contribution is 2.26. The summed E-state index contributed by atoms with van der Waals surface area (Å²) in [5.41, 5.74) is 15.0. The van der Waals surface area contributed by atoms with E-state index in [0.717, 1.165) is 23.3 Å². The summed E-state index contributed by atoms with van der Waals surface area (Å²) in [5, 5.41) is 8.86. The maximum absolute atomic E-state index is 12.7. The first-order chi connectivity index (χ1) is 16.8. The van der Waals surface area contributed by atoms with Gasteiger partial charge in [0.15, 0.2) is 5.78 Å². The van der Waals surface area contributed by atoms with Crippen molar-refractivity contribution in [2.45, 2.75) is 38.5 Å². The lowest BCUT2D eigenvalue weighted by atomic mass is 9.88. The van der Waals surface area contributed by atoms with E-state index in [1.807, 2.05) is 38.1 Å². The number of nitrogens with two attached hydrogens (primary N) is 2. The molecule has 0 aliphatic heterocycles. The van der Waals surface area contributed by atoms with Gasteiger partial charge in [-0.2, -0.15) is 0 Å². The number of alkyl halides is 1. The van der Waals surface area contributed by atoms with Gasteiger partial charge in [-0.1, -0.05) is 38.1 Å². The Morgan fingerprint density at radius 1 is 0.800 bits per heavy atom. The summed E-state index contributed by atoms with van der Waals surface area (Å²) in [6.07, 6.45) is 1.34. The molecule has 0 aliphatic rings. The summed E-state index contributed by atoms with van der Waals surface area (Å²) in [6.45, 7) is 4.32. The van der Waals surface area contributed by atoms with Crippen molar-refractivity contribution in [3.8, 4) is 5.75 Å². The van der Waals surface area contributed by atoms with Crippen molar-refractivity contribution < 1.29 is 19.4 Å². The highest BCUT2D eigenvalue weighted by molar-refractivity contribution is 6.18. The van der Waals surface area contributed by atoms with Gasteiger partial charge in [-0.15, -0.1) is 11.6 Å². The molecule has 3 aromatic carbocycles. The van der Waals surface area contributed by atoms with Gasteiger partial charge >= 0.3 is 5.97 Å². The molecular weight excluding hydrogens is 464 g/mol. The Balaban J connectivity index is 0.000000283. The quantitative estimate of drug-likeness (QED) is 0.177. The second-order valence-corrected chi connectivity index (χ2v) is 8.40. The Labute approximate surface area is 211 Å². The molecule has 0 saturated carbocycles. The second-order valence-electron chi connectivity index (χ2n) is 8.02. The fourth-order valence-corrected chi connectivity index (χ4v) is 3.73. The molecule has 0 aliphatic carbocycles. The number of anilines is 2. The number of ether oxygens (including phenoxy) is 1.